The Balaban J connectivity index is 2.74. The van der Waals surface area contributed by atoms with Crippen molar-refractivity contribution in [1.82, 2.24) is 0 Å². The van der Waals surface area contributed by atoms with Crippen molar-refractivity contribution < 1.29 is 14.3 Å². The summed E-state index contributed by atoms with van der Waals surface area (Å²) in [4.78, 5) is 12.0. The second-order valence-electron chi connectivity index (χ2n) is 4.59. The average molecular weight is 200 g/mol. The zero-order valence-electron chi connectivity index (χ0n) is 9.50. The van der Waals surface area contributed by atoms with Gasteiger partial charge in [-0.05, 0) is 12.8 Å². The molecular weight excluding hydrogens is 180 g/mol. The quantitative estimate of drug-likeness (QED) is 0.654. The van der Waals surface area contributed by atoms with Gasteiger partial charge in [-0.25, -0.2) is 0 Å². The molecule has 1 rings (SSSR count). The van der Waals surface area contributed by atoms with Crippen molar-refractivity contribution in [1.29, 1.82) is 0 Å². The standard InChI is InChI=1S/C11H20O3/c1-11(2)7-5-6-8(9(11)12)10(13-3)14-4/h8,10H,5-7H2,1-4H3. The van der Waals surface area contributed by atoms with E-state index < -0.39 is 0 Å². The molecule has 14 heavy (non-hydrogen) atoms. The Bertz CT molecular complexity index is 207. The van der Waals surface area contributed by atoms with Crippen molar-refractivity contribution in [3.63, 3.8) is 0 Å². The molecule has 0 saturated heterocycles. The molecule has 0 aromatic rings. The van der Waals surface area contributed by atoms with Crippen LogP contribution in [-0.4, -0.2) is 26.3 Å². The van der Waals surface area contributed by atoms with Crippen LogP contribution in [0.4, 0.5) is 0 Å². The van der Waals surface area contributed by atoms with Crippen molar-refractivity contribution >= 4 is 5.78 Å². The third-order valence-corrected chi connectivity index (χ3v) is 3.11. The first-order chi connectivity index (χ1) is 6.53. The summed E-state index contributed by atoms with van der Waals surface area (Å²) in [5.41, 5.74) is -0.210. The van der Waals surface area contributed by atoms with Crippen LogP contribution in [0.1, 0.15) is 33.1 Å². The summed E-state index contributed by atoms with van der Waals surface area (Å²) in [5.74, 6) is 0.186. The fourth-order valence-corrected chi connectivity index (χ4v) is 2.20. The second kappa shape index (κ2) is 4.41. The fraction of sp³-hybridized carbons (Fsp3) is 0.909. The topological polar surface area (TPSA) is 35.5 Å². The van der Waals surface area contributed by atoms with Gasteiger partial charge in [0.2, 0.25) is 0 Å². The van der Waals surface area contributed by atoms with Crippen LogP contribution in [0.5, 0.6) is 0 Å². The summed E-state index contributed by atoms with van der Waals surface area (Å²) in [6.45, 7) is 4.01. The zero-order chi connectivity index (χ0) is 10.8. The minimum atomic E-state index is -0.373. The summed E-state index contributed by atoms with van der Waals surface area (Å²) in [6.07, 6.45) is 2.56. The number of hydrogen-bond donors (Lipinski definition) is 0. The maximum Gasteiger partial charge on any atom is 0.166 e. The molecule has 3 heteroatoms. The number of carbonyl (C=O) groups is 1. The first-order valence-electron chi connectivity index (χ1n) is 5.13. The van der Waals surface area contributed by atoms with E-state index in [0.717, 1.165) is 19.3 Å². The highest BCUT2D eigenvalue weighted by Crippen LogP contribution is 2.37. The van der Waals surface area contributed by atoms with Crippen molar-refractivity contribution in [2.24, 2.45) is 11.3 Å². The van der Waals surface area contributed by atoms with Crippen molar-refractivity contribution in [2.75, 3.05) is 14.2 Å². The Morgan fingerprint density at radius 3 is 2.43 bits per heavy atom. The Hall–Kier alpha value is -0.410. The molecule has 3 nitrogen and oxygen atoms in total. The molecule has 1 unspecified atom stereocenters. The predicted molar refractivity (Wildman–Crippen MR) is 53.9 cm³/mol. The maximum absolute atomic E-state index is 12.0. The van der Waals surface area contributed by atoms with E-state index >= 15 is 0 Å². The van der Waals surface area contributed by atoms with Crippen molar-refractivity contribution in [3.05, 3.63) is 0 Å². The van der Waals surface area contributed by atoms with Crippen LogP contribution in [0, 0.1) is 11.3 Å². The number of Topliss-reactive ketones (excluding diaryl/α,β-unsaturated/α-hetero) is 1. The van der Waals surface area contributed by atoms with Gasteiger partial charge in [0, 0.05) is 19.6 Å². The molecule has 0 N–H and O–H groups in total. The van der Waals surface area contributed by atoms with Crippen LogP contribution in [0.2, 0.25) is 0 Å². The van der Waals surface area contributed by atoms with Crippen LogP contribution < -0.4 is 0 Å². The molecule has 0 aliphatic heterocycles. The molecule has 1 aliphatic carbocycles. The normalized spacial score (nSPS) is 26.9. The lowest BCUT2D eigenvalue weighted by Crippen LogP contribution is -2.42. The molecule has 1 aliphatic rings. The SMILES string of the molecule is COC(OC)C1CCCC(C)(C)C1=O. The lowest BCUT2D eigenvalue weighted by Gasteiger charge is -2.36. The number of hydrogen-bond acceptors (Lipinski definition) is 3. The van der Waals surface area contributed by atoms with E-state index in [2.05, 4.69) is 0 Å². The number of methoxy groups -OCH3 is 2. The van der Waals surface area contributed by atoms with Crippen LogP contribution in [0.3, 0.4) is 0 Å². The molecule has 1 fully saturated rings. The first-order valence-corrected chi connectivity index (χ1v) is 5.13. The lowest BCUT2D eigenvalue weighted by atomic mass is 9.71. The third-order valence-electron chi connectivity index (χ3n) is 3.11. The summed E-state index contributed by atoms with van der Waals surface area (Å²) >= 11 is 0. The molecule has 82 valence electrons. The van der Waals surface area contributed by atoms with E-state index in [1.54, 1.807) is 14.2 Å². The van der Waals surface area contributed by atoms with Gasteiger partial charge in [-0.2, -0.15) is 0 Å². The van der Waals surface area contributed by atoms with Gasteiger partial charge in [-0.1, -0.05) is 20.3 Å². The Morgan fingerprint density at radius 2 is 1.93 bits per heavy atom. The largest absolute Gasteiger partial charge is 0.355 e. The molecular formula is C11H20O3. The minimum Gasteiger partial charge on any atom is -0.355 e. The number of carbonyl (C=O) groups excluding carboxylic acids is 1. The van der Waals surface area contributed by atoms with Crippen LogP contribution >= 0.6 is 0 Å². The first kappa shape index (κ1) is 11.7. The van der Waals surface area contributed by atoms with Crippen LogP contribution in [-0.2, 0) is 14.3 Å². The summed E-state index contributed by atoms with van der Waals surface area (Å²) in [6, 6.07) is 0. The van der Waals surface area contributed by atoms with Gasteiger partial charge in [0.25, 0.3) is 0 Å². The van der Waals surface area contributed by atoms with E-state index in [0.29, 0.717) is 0 Å². The average Bonchev–Trinajstić information content (AvgIpc) is 2.14. The third kappa shape index (κ3) is 2.15. The van der Waals surface area contributed by atoms with E-state index in [-0.39, 0.29) is 23.4 Å². The number of rotatable bonds is 3. The summed E-state index contributed by atoms with van der Waals surface area (Å²) in [7, 11) is 3.17. The van der Waals surface area contributed by atoms with Gasteiger partial charge >= 0.3 is 0 Å². The summed E-state index contributed by atoms with van der Waals surface area (Å²) in [5, 5.41) is 0. The molecule has 0 aromatic heterocycles. The van der Waals surface area contributed by atoms with Crippen molar-refractivity contribution in [3.8, 4) is 0 Å². The van der Waals surface area contributed by atoms with Gasteiger partial charge in [0.15, 0.2) is 6.29 Å². The molecule has 0 radical (unpaired) electrons. The van der Waals surface area contributed by atoms with Gasteiger partial charge < -0.3 is 9.47 Å². The van der Waals surface area contributed by atoms with E-state index in [1.807, 2.05) is 13.8 Å². The summed E-state index contributed by atoms with van der Waals surface area (Å²) < 4.78 is 10.3. The van der Waals surface area contributed by atoms with Crippen molar-refractivity contribution in [2.45, 2.75) is 39.4 Å². The molecule has 1 saturated carbocycles. The zero-order valence-corrected chi connectivity index (χ0v) is 9.50. The monoisotopic (exact) mass is 200 g/mol. The molecule has 0 heterocycles. The van der Waals surface area contributed by atoms with Gasteiger partial charge in [-0.15, -0.1) is 0 Å². The van der Waals surface area contributed by atoms with Gasteiger partial charge in [0.05, 0.1) is 5.92 Å². The molecule has 0 bridgehead atoms. The van der Waals surface area contributed by atoms with Crippen LogP contribution in [0.15, 0.2) is 0 Å². The highest BCUT2D eigenvalue weighted by Gasteiger charge is 2.41. The van der Waals surface area contributed by atoms with E-state index in [4.69, 9.17) is 9.47 Å². The van der Waals surface area contributed by atoms with Gasteiger partial charge in [-0.3, -0.25) is 4.79 Å². The number of ketones is 1. The Labute approximate surface area is 85.8 Å². The Kier molecular flexibility index (Phi) is 3.67. The molecule has 0 spiro atoms. The highest BCUT2D eigenvalue weighted by molar-refractivity contribution is 5.87. The second-order valence-corrected chi connectivity index (χ2v) is 4.59. The maximum atomic E-state index is 12.0. The predicted octanol–water partition coefficient (Wildman–Crippen LogP) is 2.00. The molecule has 0 aromatic carbocycles. The fourth-order valence-electron chi connectivity index (χ4n) is 2.20. The van der Waals surface area contributed by atoms with E-state index in [1.165, 1.54) is 0 Å². The number of ether oxygens (including phenoxy) is 2. The Morgan fingerprint density at radius 1 is 1.36 bits per heavy atom. The smallest absolute Gasteiger partial charge is 0.166 e. The molecule has 0 amide bonds. The van der Waals surface area contributed by atoms with Crippen LogP contribution in [0.25, 0.3) is 0 Å². The molecule has 1 atom stereocenters. The van der Waals surface area contributed by atoms with E-state index in [9.17, 15) is 4.79 Å². The lowest BCUT2D eigenvalue weighted by molar-refractivity contribution is -0.168. The minimum absolute atomic E-state index is 0.0891. The highest BCUT2D eigenvalue weighted by atomic mass is 16.7. The van der Waals surface area contributed by atoms with Gasteiger partial charge in [0.1, 0.15) is 5.78 Å².